The minimum absolute atomic E-state index is 0.0281. The summed E-state index contributed by atoms with van der Waals surface area (Å²) in [6.45, 7) is 2.15. The first kappa shape index (κ1) is 21.3. The number of nitrogens with zero attached hydrogens (tertiary/aromatic N) is 3. The lowest BCUT2D eigenvalue weighted by Crippen LogP contribution is -2.41. The first-order valence-electron chi connectivity index (χ1n) is 10.9. The Balaban J connectivity index is 1.14. The van der Waals surface area contributed by atoms with E-state index in [2.05, 4.69) is 25.5 Å². The van der Waals surface area contributed by atoms with Crippen molar-refractivity contribution in [2.24, 2.45) is 5.92 Å². The standard InChI is InChI=1S/C24H24ClN5O3/c25-18-3-1-2-4-19(18)28-22-7-10-26-24(29-22)30-11-8-17(9-12-30)23(31)27-14-16-5-6-20-21(13-16)33-15-32-20/h1-7,10,13,17H,8-9,11-12,14-15H2,(H,27,31)(H,26,28,29). The molecule has 3 aromatic rings. The van der Waals surface area contributed by atoms with Gasteiger partial charge in [-0.1, -0.05) is 29.8 Å². The molecular formula is C24H24ClN5O3. The lowest BCUT2D eigenvalue weighted by atomic mass is 9.96. The van der Waals surface area contributed by atoms with Crippen molar-refractivity contribution in [3.05, 3.63) is 65.3 Å². The van der Waals surface area contributed by atoms with Crippen LogP contribution in [0.1, 0.15) is 18.4 Å². The molecule has 0 saturated carbocycles. The van der Waals surface area contributed by atoms with Gasteiger partial charge in [0.05, 0.1) is 10.7 Å². The number of para-hydroxylation sites is 1. The minimum atomic E-state index is -0.0281. The van der Waals surface area contributed by atoms with E-state index >= 15 is 0 Å². The Kier molecular flexibility index (Phi) is 6.17. The van der Waals surface area contributed by atoms with E-state index in [4.69, 9.17) is 21.1 Å². The number of carbonyl (C=O) groups is 1. The van der Waals surface area contributed by atoms with Crippen molar-refractivity contribution in [1.29, 1.82) is 0 Å². The van der Waals surface area contributed by atoms with Crippen LogP contribution in [0.3, 0.4) is 0 Å². The number of amides is 1. The molecule has 1 aromatic heterocycles. The molecule has 0 radical (unpaired) electrons. The van der Waals surface area contributed by atoms with Gasteiger partial charge in [0, 0.05) is 31.7 Å². The average molecular weight is 466 g/mol. The maximum atomic E-state index is 12.7. The van der Waals surface area contributed by atoms with E-state index in [9.17, 15) is 4.79 Å². The lowest BCUT2D eigenvalue weighted by Gasteiger charge is -2.31. The smallest absolute Gasteiger partial charge is 0.231 e. The van der Waals surface area contributed by atoms with Crippen molar-refractivity contribution in [3.63, 3.8) is 0 Å². The molecule has 1 amide bonds. The van der Waals surface area contributed by atoms with Gasteiger partial charge in [0.25, 0.3) is 0 Å². The minimum Gasteiger partial charge on any atom is -0.454 e. The maximum absolute atomic E-state index is 12.7. The van der Waals surface area contributed by atoms with E-state index in [1.165, 1.54) is 0 Å². The Labute approximate surface area is 196 Å². The topological polar surface area (TPSA) is 88.6 Å². The van der Waals surface area contributed by atoms with Crippen LogP contribution in [-0.2, 0) is 11.3 Å². The number of benzene rings is 2. The molecule has 1 saturated heterocycles. The normalized spacial score (nSPS) is 15.4. The SMILES string of the molecule is O=C(NCc1ccc2c(c1)OCO2)C1CCN(c2nccc(Nc3ccccc3Cl)n2)CC1. The first-order valence-corrected chi connectivity index (χ1v) is 11.3. The van der Waals surface area contributed by atoms with E-state index in [1.54, 1.807) is 6.20 Å². The predicted octanol–water partition coefficient (Wildman–Crippen LogP) is 4.14. The molecule has 2 aliphatic rings. The number of aromatic nitrogens is 2. The fraction of sp³-hybridized carbons (Fsp3) is 0.292. The summed E-state index contributed by atoms with van der Waals surface area (Å²) < 4.78 is 10.7. The number of rotatable bonds is 6. The number of halogens is 1. The molecule has 5 rings (SSSR count). The molecule has 0 bridgehead atoms. The van der Waals surface area contributed by atoms with Crippen LogP contribution in [0.5, 0.6) is 11.5 Å². The van der Waals surface area contributed by atoms with Crippen LogP contribution >= 0.6 is 11.6 Å². The van der Waals surface area contributed by atoms with Gasteiger partial charge in [-0.3, -0.25) is 4.79 Å². The van der Waals surface area contributed by atoms with Crippen LogP contribution in [0.2, 0.25) is 5.02 Å². The summed E-state index contributed by atoms with van der Waals surface area (Å²) in [7, 11) is 0. The summed E-state index contributed by atoms with van der Waals surface area (Å²) in [5.41, 5.74) is 1.78. The molecule has 9 heteroatoms. The Morgan fingerprint density at radius 3 is 2.76 bits per heavy atom. The molecule has 33 heavy (non-hydrogen) atoms. The van der Waals surface area contributed by atoms with Crippen LogP contribution < -0.4 is 25.0 Å². The predicted molar refractivity (Wildman–Crippen MR) is 126 cm³/mol. The fourth-order valence-corrected chi connectivity index (χ4v) is 4.18. The summed E-state index contributed by atoms with van der Waals surface area (Å²) >= 11 is 6.23. The molecule has 1 fully saturated rings. The van der Waals surface area contributed by atoms with E-state index in [0.29, 0.717) is 23.3 Å². The Morgan fingerprint density at radius 2 is 1.91 bits per heavy atom. The maximum Gasteiger partial charge on any atom is 0.231 e. The van der Waals surface area contributed by atoms with Crippen molar-refractivity contribution in [2.75, 3.05) is 30.1 Å². The van der Waals surface area contributed by atoms with Crippen LogP contribution in [0, 0.1) is 5.92 Å². The molecule has 2 N–H and O–H groups in total. The monoisotopic (exact) mass is 465 g/mol. The van der Waals surface area contributed by atoms with Gasteiger partial charge in [0.2, 0.25) is 18.6 Å². The third-order valence-electron chi connectivity index (χ3n) is 5.83. The first-order chi connectivity index (χ1) is 16.2. The molecule has 170 valence electrons. The zero-order valence-electron chi connectivity index (χ0n) is 18.0. The van der Waals surface area contributed by atoms with Gasteiger partial charge in [-0.25, -0.2) is 4.98 Å². The molecule has 0 atom stereocenters. The van der Waals surface area contributed by atoms with Crippen LogP contribution in [-0.4, -0.2) is 35.8 Å². The molecule has 0 unspecified atom stereocenters. The molecule has 8 nitrogen and oxygen atoms in total. The van der Waals surface area contributed by atoms with Crippen molar-refractivity contribution in [1.82, 2.24) is 15.3 Å². The molecule has 2 aliphatic heterocycles. The Morgan fingerprint density at radius 1 is 1.09 bits per heavy atom. The zero-order chi connectivity index (χ0) is 22.6. The number of nitrogens with one attached hydrogen (secondary N) is 2. The number of carbonyl (C=O) groups excluding carboxylic acids is 1. The average Bonchev–Trinajstić information content (AvgIpc) is 3.32. The Bertz CT molecular complexity index is 1150. The van der Waals surface area contributed by atoms with Crippen molar-refractivity contribution < 1.29 is 14.3 Å². The zero-order valence-corrected chi connectivity index (χ0v) is 18.7. The van der Waals surface area contributed by atoms with Gasteiger partial charge < -0.3 is 25.0 Å². The number of piperidine rings is 1. The molecular weight excluding hydrogens is 442 g/mol. The number of hydrogen-bond donors (Lipinski definition) is 2. The van der Waals surface area contributed by atoms with Gasteiger partial charge in [-0.05, 0) is 48.7 Å². The second-order valence-electron chi connectivity index (χ2n) is 8.01. The highest BCUT2D eigenvalue weighted by molar-refractivity contribution is 6.33. The third kappa shape index (κ3) is 4.96. The highest BCUT2D eigenvalue weighted by Crippen LogP contribution is 2.32. The number of anilines is 3. The largest absolute Gasteiger partial charge is 0.454 e. The molecule has 2 aromatic carbocycles. The quantitative estimate of drug-likeness (QED) is 0.565. The summed E-state index contributed by atoms with van der Waals surface area (Å²) in [5, 5.41) is 6.91. The van der Waals surface area contributed by atoms with Crippen LogP contribution in [0.15, 0.2) is 54.7 Å². The van der Waals surface area contributed by atoms with Crippen molar-refractivity contribution in [3.8, 4) is 11.5 Å². The molecule has 0 spiro atoms. The number of fused-ring (bicyclic) bond motifs is 1. The third-order valence-corrected chi connectivity index (χ3v) is 6.16. The van der Waals surface area contributed by atoms with E-state index < -0.39 is 0 Å². The van der Waals surface area contributed by atoms with Gasteiger partial charge in [-0.2, -0.15) is 4.98 Å². The highest BCUT2D eigenvalue weighted by atomic mass is 35.5. The van der Waals surface area contributed by atoms with Gasteiger partial charge >= 0.3 is 0 Å². The summed E-state index contributed by atoms with van der Waals surface area (Å²) in [4.78, 5) is 23.9. The second-order valence-corrected chi connectivity index (χ2v) is 8.42. The van der Waals surface area contributed by atoms with E-state index in [0.717, 1.165) is 48.7 Å². The molecule has 3 heterocycles. The van der Waals surface area contributed by atoms with Gasteiger partial charge in [0.1, 0.15) is 5.82 Å². The Hall–Kier alpha value is -3.52. The molecule has 0 aliphatic carbocycles. The van der Waals surface area contributed by atoms with Crippen molar-refractivity contribution >= 4 is 35.0 Å². The summed E-state index contributed by atoms with van der Waals surface area (Å²) in [6.07, 6.45) is 3.22. The highest BCUT2D eigenvalue weighted by Gasteiger charge is 2.26. The number of ether oxygens (including phenoxy) is 2. The van der Waals surface area contributed by atoms with Gasteiger partial charge in [0.15, 0.2) is 11.5 Å². The van der Waals surface area contributed by atoms with Crippen molar-refractivity contribution in [2.45, 2.75) is 19.4 Å². The van der Waals surface area contributed by atoms with Gasteiger partial charge in [-0.15, -0.1) is 0 Å². The van der Waals surface area contributed by atoms with E-state index in [-0.39, 0.29) is 18.6 Å². The second kappa shape index (κ2) is 9.54. The summed E-state index contributed by atoms with van der Waals surface area (Å²) in [6, 6.07) is 15.1. The van der Waals surface area contributed by atoms with Crippen LogP contribution in [0.4, 0.5) is 17.5 Å². The lowest BCUT2D eigenvalue weighted by molar-refractivity contribution is -0.125. The fourth-order valence-electron chi connectivity index (χ4n) is 4.00. The van der Waals surface area contributed by atoms with Crippen LogP contribution in [0.25, 0.3) is 0 Å². The number of hydrogen-bond acceptors (Lipinski definition) is 7. The van der Waals surface area contributed by atoms with E-state index in [1.807, 2.05) is 48.5 Å². The summed E-state index contributed by atoms with van der Waals surface area (Å²) in [5.74, 6) is 2.83.